The van der Waals surface area contributed by atoms with Crippen molar-refractivity contribution >= 4 is 22.7 Å². The van der Waals surface area contributed by atoms with Gasteiger partial charge in [-0.25, -0.2) is 0 Å². The zero-order valence-corrected chi connectivity index (χ0v) is 20.6. The maximum absolute atomic E-state index is 13.5. The molecule has 5 rings (SSSR count). The number of nitrogens with zero attached hydrogens (tertiary/aromatic N) is 3. The number of aromatic amines is 1. The van der Waals surface area contributed by atoms with E-state index in [9.17, 15) is 20.0 Å². The van der Waals surface area contributed by atoms with E-state index in [1.807, 2.05) is 42.5 Å². The topological polar surface area (TPSA) is 143 Å². The number of likely N-dealkylation sites (tertiary alicyclic amines) is 1. The van der Waals surface area contributed by atoms with E-state index in [-0.39, 0.29) is 30.1 Å². The van der Waals surface area contributed by atoms with Gasteiger partial charge in [-0.1, -0.05) is 12.1 Å². The van der Waals surface area contributed by atoms with Gasteiger partial charge in [0.25, 0.3) is 0 Å². The van der Waals surface area contributed by atoms with Crippen LogP contribution in [0, 0.1) is 17.2 Å². The van der Waals surface area contributed by atoms with E-state index in [2.05, 4.69) is 26.7 Å². The van der Waals surface area contributed by atoms with Crippen LogP contribution in [0.1, 0.15) is 42.8 Å². The predicted octanol–water partition coefficient (Wildman–Crippen LogP) is 1.96. The Morgan fingerprint density at radius 2 is 2.22 bits per heavy atom. The zero-order chi connectivity index (χ0) is 25.9. The number of methoxy groups -OCH3 is 1. The average Bonchev–Trinajstić information content (AvgIpc) is 3.66. The molecule has 3 aromatic rings. The number of ether oxygens (including phenoxy) is 1. The molecule has 2 aliphatic rings. The minimum atomic E-state index is -1.09. The van der Waals surface area contributed by atoms with Gasteiger partial charge in [-0.3, -0.25) is 19.5 Å². The quantitative estimate of drug-likeness (QED) is 0.369. The van der Waals surface area contributed by atoms with E-state index in [1.165, 1.54) is 0 Å². The fraction of sp³-hybridized carbons (Fsp3) is 0.407. The van der Waals surface area contributed by atoms with Gasteiger partial charge in [0.05, 0.1) is 24.9 Å². The summed E-state index contributed by atoms with van der Waals surface area (Å²) in [6.07, 6.45) is 1.96. The summed E-state index contributed by atoms with van der Waals surface area (Å²) in [6, 6.07) is 13.7. The lowest BCUT2D eigenvalue weighted by molar-refractivity contribution is -0.130. The van der Waals surface area contributed by atoms with Gasteiger partial charge in [-0.15, -0.1) is 0 Å². The number of hydrogen-bond acceptors (Lipinski definition) is 7. The Labute approximate surface area is 214 Å². The Bertz CT molecular complexity index is 1320. The number of benzene rings is 1. The molecule has 2 amide bonds. The van der Waals surface area contributed by atoms with Gasteiger partial charge in [0, 0.05) is 47.7 Å². The van der Waals surface area contributed by atoms with E-state index in [1.54, 1.807) is 18.2 Å². The van der Waals surface area contributed by atoms with Crippen LogP contribution in [0.5, 0.6) is 5.75 Å². The van der Waals surface area contributed by atoms with Crippen LogP contribution in [0.2, 0.25) is 0 Å². The van der Waals surface area contributed by atoms with Gasteiger partial charge < -0.3 is 25.5 Å². The van der Waals surface area contributed by atoms with Crippen molar-refractivity contribution in [3.63, 3.8) is 0 Å². The van der Waals surface area contributed by atoms with Crippen LogP contribution in [0.25, 0.3) is 10.9 Å². The van der Waals surface area contributed by atoms with Gasteiger partial charge in [0.15, 0.2) is 0 Å². The van der Waals surface area contributed by atoms with E-state index in [0.717, 1.165) is 16.6 Å². The lowest BCUT2D eigenvalue weighted by Gasteiger charge is -2.29. The third-order valence-electron chi connectivity index (χ3n) is 7.36. The molecule has 4 heterocycles. The summed E-state index contributed by atoms with van der Waals surface area (Å²) in [7, 11) is 1.59. The largest absolute Gasteiger partial charge is 0.496 e. The second-order valence-corrected chi connectivity index (χ2v) is 9.62. The first kappa shape index (κ1) is 24.7. The summed E-state index contributed by atoms with van der Waals surface area (Å²) in [5.41, 5.74) is 2.19. The molecule has 2 aromatic heterocycles. The number of carbonyl (C=O) groups excluding carboxylic acids is 2. The molecule has 2 aliphatic heterocycles. The van der Waals surface area contributed by atoms with Crippen LogP contribution in [0.4, 0.5) is 0 Å². The van der Waals surface area contributed by atoms with Crippen LogP contribution in [0.3, 0.4) is 0 Å². The molecule has 10 nitrogen and oxygen atoms in total. The van der Waals surface area contributed by atoms with E-state index in [0.29, 0.717) is 37.4 Å². The molecule has 37 heavy (non-hydrogen) atoms. The zero-order valence-electron chi connectivity index (χ0n) is 20.6. The number of aliphatic hydroxyl groups excluding tert-OH is 1. The molecule has 1 aromatic carbocycles. The van der Waals surface area contributed by atoms with Gasteiger partial charge in [0.1, 0.15) is 18.0 Å². The first-order valence-electron chi connectivity index (χ1n) is 12.5. The second-order valence-electron chi connectivity index (χ2n) is 9.62. The number of nitriles is 1. The Hall–Kier alpha value is -3.94. The molecular formula is C27H30N6O4. The summed E-state index contributed by atoms with van der Waals surface area (Å²) in [4.78, 5) is 35.0. The summed E-state index contributed by atoms with van der Waals surface area (Å²) in [6.45, 7) is 0.990. The van der Waals surface area contributed by atoms with Gasteiger partial charge in [-0.05, 0) is 49.6 Å². The number of pyridine rings is 1. The van der Waals surface area contributed by atoms with Crippen LogP contribution in [-0.2, 0) is 9.59 Å². The van der Waals surface area contributed by atoms with E-state index < -0.39 is 18.3 Å². The van der Waals surface area contributed by atoms with Crippen molar-refractivity contribution in [1.82, 2.24) is 25.5 Å². The Kier molecular flexibility index (Phi) is 7.08. The number of carbonyl (C=O) groups is 2. The van der Waals surface area contributed by atoms with E-state index in [4.69, 9.17) is 4.74 Å². The third kappa shape index (κ3) is 5.01. The van der Waals surface area contributed by atoms with Gasteiger partial charge in [-0.2, -0.15) is 5.26 Å². The fourth-order valence-electron chi connectivity index (χ4n) is 5.43. The smallest absolute Gasteiger partial charge is 0.238 e. The van der Waals surface area contributed by atoms with Crippen molar-refractivity contribution in [3.8, 4) is 11.8 Å². The van der Waals surface area contributed by atoms with Crippen LogP contribution >= 0.6 is 0 Å². The third-order valence-corrected chi connectivity index (χ3v) is 7.36. The molecule has 0 bridgehead atoms. The fourth-order valence-corrected chi connectivity index (χ4v) is 5.43. The highest BCUT2D eigenvalue weighted by molar-refractivity contribution is 5.87. The molecule has 0 spiro atoms. The van der Waals surface area contributed by atoms with Crippen LogP contribution < -0.4 is 15.4 Å². The highest BCUT2D eigenvalue weighted by Gasteiger charge is 2.42. The van der Waals surface area contributed by atoms with Crippen molar-refractivity contribution in [2.75, 3.05) is 20.2 Å². The van der Waals surface area contributed by atoms with Crippen molar-refractivity contribution in [1.29, 1.82) is 5.26 Å². The summed E-state index contributed by atoms with van der Waals surface area (Å²) in [5.74, 6) is -0.125. The maximum Gasteiger partial charge on any atom is 0.238 e. The van der Waals surface area contributed by atoms with Gasteiger partial charge in [0.2, 0.25) is 11.8 Å². The molecule has 2 fully saturated rings. The van der Waals surface area contributed by atoms with Crippen molar-refractivity contribution in [3.05, 3.63) is 60.0 Å². The number of aromatic nitrogens is 2. The molecule has 5 atom stereocenters. The Balaban J connectivity index is 1.39. The first-order chi connectivity index (χ1) is 18.0. The molecule has 2 saturated heterocycles. The molecule has 0 aliphatic carbocycles. The molecule has 10 heteroatoms. The standard InChI is InChI=1S/C27H30N6O4/c1-37-24-7-4-6-21-19(24)13-22(32-21)27(36)33-15-17(20-5-2-3-9-29-20)12-23(33)26(35)31-18(14-28)11-16-8-10-30-25(16)34/h2-7,9,13,16-18,23,27,32,36H,8,10-12,15H2,1H3,(H,30,34)(H,31,35). The predicted molar refractivity (Wildman–Crippen MR) is 135 cm³/mol. The summed E-state index contributed by atoms with van der Waals surface area (Å²) >= 11 is 0. The molecule has 192 valence electrons. The number of nitrogens with one attached hydrogen (secondary N) is 3. The minimum Gasteiger partial charge on any atom is -0.496 e. The normalized spacial score (nSPS) is 23.4. The van der Waals surface area contributed by atoms with E-state index >= 15 is 0 Å². The number of aliphatic hydroxyl groups is 1. The van der Waals surface area contributed by atoms with Gasteiger partial charge >= 0.3 is 0 Å². The highest BCUT2D eigenvalue weighted by Crippen LogP contribution is 2.37. The SMILES string of the molecule is COc1cccc2[nH]c(C(O)N3CC(c4ccccn4)CC3C(=O)NC(C#N)CC3CCNC3=O)cc12. The monoisotopic (exact) mass is 502 g/mol. The summed E-state index contributed by atoms with van der Waals surface area (Å²) in [5, 5.41) is 27.6. The first-order valence-corrected chi connectivity index (χ1v) is 12.5. The van der Waals surface area contributed by atoms with Crippen LogP contribution in [0.15, 0.2) is 48.7 Å². The molecular weight excluding hydrogens is 472 g/mol. The highest BCUT2D eigenvalue weighted by atomic mass is 16.5. The second kappa shape index (κ2) is 10.6. The minimum absolute atomic E-state index is 0.0772. The Morgan fingerprint density at radius 3 is 2.92 bits per heavy atom. The van der Waals surface area contributed by atoms with Crippen LogP contribution in [-0.4, -0.2) is 64.1 Å². The number of hydrogen-bond donors (Lipinski definition) is 4. The maximum atomic E-state index is 13.5. The Morgan fingerprint density at radius 1 is 1.35 bits per heavy atom. The molecule has 4 N–H and O–H groups in total. The average molecular weight is 503 g/mol. The van der Waals surface area contributed by atoms with Crippen molar-refractivity contribution in [2.24, 2.45) is 5.92 Å². The summed E-state index contributed by atoms with van der Waals surface area (Å²) < 4.78 is 5.45. The number of amides is 2. The molecule has 0 saturated carbocycles. The lowest BCUT2D eigenvalue weighted by atomic mass is 9.98. The lowest BCUT2D eigenvalue weighted by Crippen LogP contribution is -2.48. The number of H-pyrrole nitrogens is 1. The van der Waals surface area contributed by atoms with Crippen molar-refractivity contribution < 1.29 is 19.4 Å². The molecule has 0 radical (unpaired) electrons. The number of rotatable bonds is 8. The van der Waals surface area contributed by atoms with Crippen molar-refractivity contribution in [2.45, 2.75) is 43.5 Å². The molecule has 5 unspecified atom stereocenters. The number of fused-ring (bicyclic) bond motifs is 1.